The minimum atomic E-state index is -0.730. The summed E-state index contributed by atoms with van der Waals surface area (Å²) in [5, 5.41) is 14.5. The Kier molecular flexibility index (Phi) is 4.94. The van der Waals surface area contributed by atoms with Crippen LogP contribution in [0.4, 0.5) is 17.2 Å². The van der Waals surface area contributed by atoms with Crippen LogP contribution < -0.4 is 15.8 Å². The number of fused-ring (bicyclic) bond motifs is 1. The summed E-state index contributed by atoms with van der Waals surface area (Å²) < 4.78 is 1.16. The van der Waals surface area contributed by atoms with E-state index in [2.05, 4.69) is 10.3 Å². The lowest BCUT2D eigenvalue weighted by atomic mass is 9.97. The molecule has 0 radical (unpaired) electrons. The summed E-state index contributed by atoms with van der Waals surface area (Å²) in [5.41, 5.74) is -0.277. The molecule has 1 atom stereocenters. The maximum Gasteiger partial charge on any atom is 0.376 e. The third kappa shape index (κ3) is 3.66. The number of nitrogens with one attached hydrogen (secondary N) is 1. The van der Waals surface area contributed by atoms with Crippen molar-refractivity contribution < 1.29 is 9.72 Å². The van der Waals surface area contributed by atoms with Gasteiger partial charge in [-0.3, -0.25) is 24.1 Å². The Bertz CT molecular complexity index is 1130. The van der Waals surface area contributed by atoms with E-state index >= 15 is 0 Å². The van der Waals surface area contributed by atoms with Gasteiger partial charge in [0.2, 0.25) is 11.7 Å². The lowest BCUT2D eigenvalue weighted by Gasteiger charge is -2.32. The molecule has 1 unspecified atom stereocenters. The van der Waals surface area contributed by atoms with Crippen molar-refractivity contribution in [2.24, 2.45) is 5.92 Å². The van der Waals surface area contributed by atoms with Crippen molar-refractivity contribution in [3.8, 4) is 0 Å². The Hall–Kier alpha value is -3.75. The van der Waals surface area contributed by atoms with Crippen molar-refractivity contribution >= 4 is 28.7 Å². The monoisotopic (exact) mass is 393 g/mol. The Balaban J connectivity index is 1.65. The second-order valence-corrected chi connectivity index (χ2v) is 6.92. The number of rotatable bonds is 4. The molecule has 3 heterocycles. The van der Waals surface area contributed by atoms with Gasteiger partial charge in [-0.2, -0.15) is 0 Å². The van der Waals surface area contributed by atoms with Crippen molar-refractivity contribution in [3.05, 3.63) is 75.2 Å². The van der Waals surface area contributed by atoms with E-state index in [1.165, 1.54) is 6.20 Å². The fraction of sp³-hybridized carbons (Fsp3) is 0.250. The maximum absolute atomic E-state index is 12.7. The number of hydrogen-bond donors (Lipinski definition) is 1. The highest BCUT2D eigenvalue weighted by molar-refractivity contribution is 5.93. The third-order valence-electron chi connectivity index (χ3n) is 5.01. The number of carbonyl (C=O) groups is 1. The molecule has 1 aromatic carbocycles. The minimum Gasteiger partial charge on any atom is -0.350 e. The number of nitro groups is 1. The van der Waals surface area contributed by atoms with Gasteiger partial charge < -0.3 is 10.2 Å². The summed E-state index contributed by atoms with van der Waals surface area (Å²) in [5.74, 6) is -0.496. The molecule has 0 spiro atoms. The van der Waals surface area contributed by atoms with Crippen molar-refractivity contribution in [2.45, 2.75) is 12.8 Å². The summed E-state index contributed by atoms with van der Waals surface area (Å²) in [6.07, 6.45) is 2.78. The standard InChI is InChI=1S/C20H19N5O4/c26-19(21-15-8-2-1-3-9-15)14-7-6-11-23(13-14)18-17(25(28)29)20(27)24-12-5-4-10-16(24)22-18/h1-5,8-10,12,14H,6-7,11,13H2,(H,21,26). The molecular formula is C20H19N5O4. The molecule has 148 valence electrons. The number of para-hydroxylation sites is 1. The summed E-state index contributed by atoms with van der Waals surface area (Å²) in [6.45, 7) is 0.750. The molecule has 29 heavy (non-hydrogen) atoms. The van der Waals surface area contributed by atoms with E-state index in [-0.39, 0.29) is 24.2 Å². The third-order valence-corrected chi connectivity index (χ3v) is 5.01. The number of pyridine rings is 1. The number of carbonyl (C=O) groups excluding carboxylic acids is 1. The fourth-order valence-corrected chi connectivity index (χ4v) is 3.60. The average molecular weight is 393 g/mol. The lowest BCUT2D eigenvalue weighted by Crippen LogP contribution is -2.42. The predicted molar refractivity (Wildman–Crippen MR) is 108 cm³/mol. The maximum atomic E-state index is 12.7. The molecule has 1 N–H and O–H groups in total. The van der Waals surface area contributed by atoms with E-state index in [4.69, 9.17) is 0 Å². The first-order valence-corrected chi connectivity index (χ1v) is 9.31. The molecule has 4 rings (SSSR count). The molecule has 9 nitrogen and oxygen atoms in total. The normalized spacial score (nSPS) is 16.6. The van der Waals surface area contributed by atoms with Gasteiger partial charge in [0.15, 0.2) is 0 Å². The lowest BCUT2D eigenvalue weighted by molar-refractivity contribution is -0.385. The van der Waals surface area contributed by atoms with Gasteiger partial charge in [-0.05, 0) is 37.1 Å². The van der Waals surface area contributed by atoms with Gasteiger partial charge in [0.05, 0.1) is 10.8 Å². The van der Waals surface area contributed by atoms with Crippen molar-refractivity contribution in [3.63, 3.8) is 0 Å². The number of nitrogens with zero attached hydrogens (tertiary/aromatic N) is 4. The van der Waals surface area contributed by atoms with Crippen LogP contribution in [0.25, 0.3) is 5.65 Å². The van der Waals surface area contributed by atoms with Crippen LogP contribution in [0.2, 0.25) is 0 Å². The quantitative estimate of drug-likeness (QED) is 0.539. The van der Waals surface area contributed by atoms with E-state index < -0.39 is 16.2 Å². The van der Waals surface area contributed by atoms with E-state index in [0.29, 0.717) is 30.7 Å². The number of hydrogen-bond acceptors (Lipinski definition) is 6. The first-order chi connectivity index (χ1) is 14.0. The van der Waals surface area contributed by atoms with Crippen LogP contribution in [-0.4, -0.2) is 33.3 Å². The summed E-state index contributed by atoms with van der Waals surface area (Å²) >= 11 is 0. The van der Waals surface area contributed by atoms with Crippen LogP contribution in [-0.2, 0) is 4.79 Å². The molecule has 0 saturated carbocycles. The summed E-state index contributed by atoms with van der Waals surface area (Å²) in [4.78, 5) is 42.3. The molecule has 0 bridgehead atoms. The van der Waals surface area contributed by atoms with Crippen LogP contribution in [0.1, 0.15) is 12.8 Å². The van der Waals surface area contributed by atoms with Gasteiger partial charge in [-0.25, -0.2) is 4.98 Å². The summed E-state index contributed by atoms with van der Waals surface area (Å²) in [6, 6.07) is 14.1. The number of aromatic nitrogens is 2. The molecular weight excluding hydrogens is 374 g/mol. The van der Waals surface area contributed by atoms with Gasteiger partial charge in [0, 0.05) is 25.0 Å². The van der Waals surface area contributed by atoms with Gasteiger partial charge in [0.25, 0.3) is 0 Å². The zero-order chi connectivity index (χ0) is 20.4. The average Bonchev–Trinajstić information content (AvgIpc) is 2.74. The number of anilines is 2. The van der Waals surface area contributed by atoms with Gasteiger partial charge >= 0.3 is 11.2 Å². The van der Waals surface area contributed by atoms with Gasteiger partial charge in [0.1, 0.15) is 5.65 Å². The van der Waals surface area contributed by atoms with E-state index in [0.717, 1.165) is 4.40 Å². The highest BCUT2D eigenvalue weighted by Gasteiger charge is 2.33. The predicted octanol–water partition coefficient (Wildman–Crippen LogP) is 2.46. The zero-order valence-electron chi connectivity index (χ0n) is 15.5. The Morgan fingerprint density at radius 1 is 1.17 bits per heavy atom. The molecule has 1 fully saturated rings. The highest BCUT2D eigenvalue weighted by Crippen LogP contribution is 2.28. The Morgan fingerprint density at radius 3 is 2.69 bits per heavy atom. The number of amides is 1. The van der Waals surface area contributed by atoms with E-state index in [9.17, 15) is 19.7 Å². The van der Waals surface area contributed by atoms with E-state index in [1.807, 2.05) is 18.2 Å². The smallest absolute Gasteiger partial charge is 0.350 e. The first-order valence-electron chi connectivity index (χ1n) is 9.31. The van der Waals surface area contributed by atoms with Crippen LogP contribution in [0.5, 0.6) is 0 Å². The van der Waals surface area contributed by atoms with Crippen molar-refractivity contribution in [1.29, 1.82) is 0 Å². The topological polar surface area (TPSA) is 110 Å². The largest absolute Gasteiger partial charge is 0.376 e. The zero-order valence-corrected chi connectivity index (χ0v) is 15.5. The van der Waals surface area contributed by atoms with E-state index in [1.54, 1.807) is 35.2 Å². The Morgan fingerprint density at radius 2 is 1.93 bits per heavy atom. The molecule has 9 heteroatoms. The summed E-state index contributed by atoms with van der Waals surface area (Å²) in [7, 11) is 0. The highest BCUT2D eigenvalue weighted by atomic mass is 16.6. The number of benzene rings is 1. The van der Waals surface area contributed by atoms with Crippen LogP contribution in [0.3, 0.4) is 0 Å². The molecule has 1 amide bonds. The SMILES string of the molecule is O=C(Nc1ccccc1)C1CCCN(c2nc3ccccn3c(=O)c2[N+](=O)[O-])C1. The molecule has 0 aliphatic carbocycles. The second kappa shape index (κ2) is 7.70. The van der Waals surface area contributed by atoms with Crippen LogP contribution >= 0.6 is 0 Å². The number of piperidine rings is 1. The molecule has 3 aromatic rings. The second-order valence-electron chi connectivity index (χ2n) is 6.92. The molecule has 1 aliphatic heterocycles. The van der Waals surface area contributed by atoms with Crippen LogP contribution in [0, 0.1) is 16.0 Å². The molecule has 2 aromatic heterocycles. The van der Waals surface area contributed by atoms with Crippen molar-refractivity contribution in [2.75, 3.05) is 23.3 Å². The Labute approximate surface area is 165 Å². The fourth-order valence-electron chi connectivity index (χ4n) is 3.60. The molecule has 1 aliphatic rings. The van der Waals surface area contributed by atoms with Gasteiger partial charge in [-0.15, -0.1) is 0 Å². The van der Waals surface area contributed by atoms with Crippen LogP contribution in [0.15, 0.2) is 59.5 Å². The molecule has 1 saturated heterocycles. The van der Waals surface area contributed by atoms with Crippen molar-refractivity contribution in [1.82, 2.24) is 9.38 Å². The minimum absolute atomic E-state index is 0.0170. The first kappa shape index (κ1) is 18.6. The van der Waals surface area contributed by atoms with Gasteiger partial charge in [-0.1, -0.05) is 24.3 Å².